The zero-order valence-corrected chi connectivity index (χ0v) is 10.1. The molecule has 2 saturated carbocycles. The molecule has 0 N–H and O–H groups in total. The molecule has 2 fully saturated rings. The molecule has 0 heterocycles. The summed E-state index contributed by atoms with van der Waals surface area (Å²) in [7, 11) is 0. The first-order chi connectivity index (χ1) is 6.53. The molecule has 1 nitrogen and oxygen atoms in total. The predicted octanol–water partition coefficient (Wildman–Crippen LogP) is 3.15. The fraction of sp³-hybridized carbons (Fsp3) is 1.00. The van der Waals surface area contributed by atoms with Gasteiger partial charge in [-0.1, -0.05) is 20.8 Å². The summed E-state index contributed by atoms with van der Waals surface area (Å²) in [6.07, 6.45) is 5.97. The maximum atomic E-state index is 2.73. The summed E-state index contributed by atoms with van der Waals surface area (Å²) in [4.78, 5) is 2.73. The van der Waals surface area contributed by atoms with Crippen molar-refractivity contribution < 1.29 is 0 Å². The highest BCUT2D eigenvalue weighted by atomic mass is 15.1. The van der Waals surface area contributed by atoms with E-state index in [4.69, 9.17) is 0 Å². The molecule has 0 amide bonds. The van der Waals surface area contributed by atoms with Crippen LogP contribution in [0.25, 0.3) is 0 Å². The van der Waals surface area contributed by atoms with Crippen molar-refractivity contribution in [1.29, 1.82) is 0 Å². The quantitative estimate of drug-likeness (QED) is 0.651. The maximum absolute atomic E-state index is 2.73. The summed E-state index contributed by atoms with van der Waals surface area (Å²) >= 11 is 0. The first-order valence-electron chi connectivity index (χ1n) is 6.25. The molecule has 2 aliphatic carbocycles. The predicted molar refractivity (Wildman–Crippen MR) is 61.3 cm³/mol. The van der Waals surface area contributed by atoms with Gasteiger partial charge in [-0.3, -0.25) is 0 Å². The molecular weight excluding hydrogens is 170 g/mol. The van der Waals surface area contributed by atoms with Gasteiger partial charge in [-0.25, -0.2) is 0 Å². The zero-order chi connectivity index (χ0) is 10.2. The minimum absolute atomic E-state index is 0.476. The molecule has 0 spiro atoms. The highest BCUT2D eigenvalue weighted by Crippen LogP contribution is 2.34. The summed E-state index contributed by atoms with van der Waals surface area (Å²) in [6, 6.07) is 0. The Bertz CT molecular complexity index is 170. The first-order valence-corrected chi connectivity index (χ1v) is 6.25. The van der Waals surface area contributed by atoms with Crippen LogP contribution in [-0.4, -0.2) is 24.5 Å². The van der Waals surface area contributed by atoms with Gasteiger partial charge in [0.2, 0.25) is 0 Å². The van der Waals surface area contributed by atoms with Crippen molar-refractivity contribution in [2.75, 3.05) is 19.6 Å². The Kier molecular flexibility index (Phi) is 2.88. The molecule has 0 saturated heterocycles. The average Bonchev–Trinajstić information content (AvgIpc) is 2.77. The Labute approximate surface area is 88.9 Å². The fourth-order valence-electron chi connectivity index (χ4n) is 2.21. The van der Waals surface area contributed by atoms with Crippen LogP contribution in [-0.2, 0) is 0 Å². The van der Waals surface area contributed by atoms with E-state index < -0.39 is 0 Å². The molecule has 82 valence electrons. The Morgan fingerprint density at radius 1 is 0.929 bits per heavy atom. The summed E-state index contributed by atoms with van der Waals surface area (Å²) in [5.74, 6) is 2.10. The number of hydrogen-bond donors (Lipinski definition) is 0. The zero-order valence-electron chi connectivity index (χ0n) is 10.1. The third-order valence-corrected chi connectivity index (χ3v) is 3.12. The van der Waals surface area contributed by atoms with Gasteiger partial charge in [0.05, 0.1) is 0 Å². The first kappa shape index (κ1) is 10.5. The lowest BCUT2D eigenvalue weighted by Gasteiger charge is -2.30. The van der Waals surface area contributed by atoms with Crippen LogP contribution in [0.5, 0.6) is 0 Å². The van der Waals surface area contributed by atoms with Gasteiger partial charge in [0, 0.05) is 19.6 Å². The highest BCUT2D eigenvalue weighted by molar-refractivity contribution is 4.84. The van der Waals surface area contributed by atoms with E-state index in [9.17, 15) is 0 Å². The minimum Gasteiger partial charge on any atom is -0.302 e. The van der Waals surface area contributed by atoms with Crippen molar-refractivity contribution in [3.05, 3.63) is 0 Å². The van der Waals surface area contributed by atoms with Crippen molar-refractivity contribution in [2.45, 2.75) is 46.5 Å². The molecule has 0 aromatic carbocycles. The van der Waals surface area contributed by atoms with Gasteiger partial charge in [0.25, 0.3) is 0 Å². The van der Waals surface area contributed by atoms with Gasteiger partial charge in [-0.05, 0) is 42.9 Å². The van der Waals surface area contributed by atoms with Crippen molar-refractivity contribution in [3.8, 4) is 0 Å². The smallest absolute Gasteiger partial charge is 0.00303 e. The van der Waals surface area contributed by atoms with Crippen LogP contribution in [0.2, 0.25) is 0 Å². The monoisotopic (exact) mass is 195 g/mol. The number of hydrogen-bond acceptors (Lipinski definition) is 1. The van der Waals surface area contributed by atoms with Crippen LogP contribution >= 0.6 is 0 Å². The highest BCUT2D eigenvalue weighted by Gasteiger charge is 2.30. The van der Waals surface area contributed by atoms with Gasteiger partial charge < -0.3 is 4.90 Å². The molecular formula is C13H25N. The molecule has 0 aromatic heterocycles. The second-order valence-corrected chi connectivity index (χ2v) is 6.64. The lowest BCUT2D eigenvalue weighted by atomic mass is 9.96. The second-order valence-electron chi connectivity index (χ2n) is 6.64. The van der Waals surface area contributed by atoms with Gasteiger partial charge in [0.1, 0.15) is 0 Å². The molecule has 0 unspecified atom stereocenters. The van der Waals surface area contributed by atoms with Crippen LogP contribution in [0.15, 0.2) is 0 Å². The standard InChI is InChI=1S/C13H25N/c1-13(2,3)10-14(8-11-4-5-11)9-12-6-7-12/h11-12H,4-10H2,1-3H3. The Hall–Kier alpha value is -0.0400. The summed E-state index contributed by atoms with van der Waals surface area (Å²) in [5, 5.41) is 0. The van der Waals surface area contributed by atoms with E-state index in [0.29, 0.717) is 5.41 Å². The van der Waals surface area contributed by atoms with E-state index in [0.717, 1.165) is 11.8 Å². The third-order valence-electron chi connectivity index (χ3n) is 3.12. The molecule has 2 rings (SSSR count). The van der Waals surface area contributed by atoms with E-state index in [1.807, 2.05) is 0 Å². The molecule has 14 heavy (non-hydrogen) atoms. The van der Waals surface area contributed by atoms with E-state index in [1.54, 1.807) is 0 Å². The number of nitrogens with zero attached hydrogens (tertiary/aromatic N) is 1. The van der Waals surface area contributed by atoms with E-state index >= 15 is 0 Å². The summed E-state index contributed by atoms with van der Waals surface area (Å²) in [6.45, 7) is 11.1. The number of rotatable bonds is 5. The molecule has 0 radical (unpaired) electrons. The topological polar surface area (TPSA) is 3.24 Å². The van der Waals surface area contributed by atoms with Crippen LogP contribution in [0.1, 0.15) is 46.5 Å². The molecule has 0 aromatic rings. The normalized spacial score (nSPS) is 23.1. The van der Waals surface area contributed by atoms with Crippen molar-refractivity contribution >= 4 is 0 Å². The largest absolute Gasteiger partial charge is 0.302 e. The van der Waals surface area contributed by atoms with Gasteiger partial charge in [0.15, 0.2) is 0 Å². The molecule has 0 atom stereocenters. The van der Waals surface area contributed by atoms with Crippen molar-refractivity contribution in [2.24, 2.45) is 17.3 Å². The van der Waals surface area contributed by atoms with Crippen LogP contribution in [0, 0.1) is 17.3 Å². The van der Waals surface area contributed by atoms with Crippen LogP contribution in [0.3, 0.4) is 0 Å². The fourth-order valence-corrected chi connectivity index (χ4v) is 2.21. The summed E-state index contributed by atoms with van der Waals surface area (Å²) in [5.41, 5.74) is 0.476. The molecule has 1 heteroatoms. The van der Waals surface area contributed by atoms with Crippen LogP contribution in [0.4, 0.5) is 0 Å². The lowest BCUT2D eigenvalue weighted by molar-refractivity contribution is 0.178. The lowest BCUT2D eigenvalue weighted by Crippen LogP contribution is -2.35. The molecule has 0 bridgehead atoms. The van der Waals surface area contributed by atoms with E-state index in [-0.39, 0.29) is 0 Å². The van der Waals surface area contributed by atoms with Crippen molar-refractivity contribution in [1.82, 2.24) is 4.90 Å². The van der Waals surface area contributed by atoms with E-state index in [2.05, 4.69) is 25.7 Å². The van der Waals surface area contributed by atoms with Crippen LogP contribution < -0.4 is 0 Å². The van der Waals surface area contributed by atoms with Crippen molar-refractivity contribution in [3.63, 3.8) is 0 Å². The minimum atomic E-state index is 0.476. The van der Waals surface area contributed by atoms with Gasteiger partial charge in [-0.15, -0.1) is 0 Å². The summed E-state index contributed by atoms with van der Waals surface area (Å²) < 4.78 is 0. The average molecular weight is 195 g/mol. The van der Waals surface area contributed by atoms with E-state index in [1.165, 1.54) is 45.3 Å². The Balaban J connectivity index is 1.76. The molecule has 2 aliphatic rings. The van der Waals surface area contributed by atoms with Gasteiger partial charge in [-0.2, -0.15) is 0 Å². The SMILES string of the molecule is CC(C)(C)CN(CC1CC1)CC1CC1. The molecule has 0 aliphatic heterocycles. The second kappa shape index (κ2) is 3.84. The third kappa shape index (κ3) is 4.00. The Morgan fingerprint density at radius 2 is 1.36 bits per heavy atom. The Morgan fingerprint density at radius 3 is 1.64 bits per heavy atom. The van der Waals surface area contributed by atoms with Gasteiger partial charge >= 0.3 is 0 Å². The maximum Gasteiger partial charge on any atom is 0.00303 e.